The molecule has 0 spiro atoms. The lowest BCUT2D eigenvalue weighted by molar-refractivity contribution is -0.152. The average molecular weight is 614 g/mol. The Labute approximate surface area is 254 Å². The van der Waals surface area contributed by atoms with Crippen LogP contribution < -0.4 is 15.9 Å². The normalized spacial score (nSPS) is 17.1. The van der Waals surface area contributed by atoms with Crippen LogP contribution in [0, 0.1) is 5.92 Å². The van der Waals surface area contributed by atoms with Crippen molar-refractivity contribution in [3.05, 3.63) is 103 Å². The molecule has 0 saturated heterocycles. The van der Waals surface area contributed by atoms with Gasteiger partial charge in [0.25, 0.3) is 13.3 Å². The number of benzene rings is 3. The van der Waals surface area contributed by atoms with E-state index in [1.165, 1.54) is 0 Å². The Hall–Kier alpha value is -4.66. The Morgan fingerprint density at radius 2 is 1.57 bits per heavy atom. The van der Waals surface area contributed by atoms with Gasteiger partial charge in [0.2, 0.25) is 5.60 Å². The number of carboxylic acid groups (broad SMARTS) is 1. The highest BCUT2D eigenvalue weighted by atomic mass is 31.2. The largest absolute Gasteiger partial charge is 0.481 e. The van der Waals surface area contributed by atoms with Gasteiger partial charge < -0.3 is 19.8 Å². The van der Waals surface area contributed by atoms with E-state index in [1.807, 2.05) is 30.3 Å². The van der Waals surface area contributed by atoms with Crippen LogP contribution in [0.3, 0.4) is 0 Å². The summed E-state index contributed by atoms with van der Waals surface area (Å²) >= 11 is 0. The number of pyridine rings is 1. The van der Waals surface area contributed by atoms with Crippen molar-refractivity contribution in [1.82, 2.24) is 10.3 Å². The van der Waals surface area contributed by atoms with E-state index in [-0.39, 0.29) is 6.42 Å². The molecular weight excluding hydrogens is 581 g/mol. The minimum absolute atomic E-state index is 0.0548. The monoisotopic (exact) mass is 613 g/mol. The molecular formula is C33H32N3O7P. The predicted octanol–water partition coefficient (Wildman–Crippen LogP) is 4.23. The molecule has 2 atom stereocenters. The highest BCUT2D eigenvalue weighted by Crippen LogP contribution is 2.44. The van der Waals surface area contributed by atoms with Gasteiger partial charge in [0.15, 0.2) is 5.78 Å². The summed E-state index contributed by atoms with van der Waals surface area (Å²) in [6, 6.07) is 25.0. The molecule has 0 bridgehead atoms. The molecule has 0 fully saturated rings. The molecule has 3 aromatic carbocycles. The number of carboxylic acids is 1. The van der Waals surface area contributed by atoms with E-state index >= 15 is 0 Å². The Kier molecular flexibility index (Phi) is 9.04. The number of nitrogens with zero attached hydrogens (tertiary/aromatic N) is 2. The molecule has 2 N–H and O–H groups in total. The van der Waals surface area contributed by atoms with Gasteiger partial charge in [0.1, 0.15) is 18.4 Å². The molecule has 44 heavy (non-hydrogen) atoms. The minimum Gasteiger partial charge on any atom is -0.481 e. The molecule has 1 aliphatic heterocycles. The summed E-state index contributed by atoms with van der Waals surface area (Å²) in [4.78, 5) is 49.3. The number of carbonyl (C=O) groups excluding carboxylic acids is 2. The molecule has 1 amide bonds. The van der Waals surface area contributed by atoms with Crippen molar-refractivity contribution >= 4 is 52.1 Å². The molecule has 2 heterocycles. The second-order valence-corrected chi connectivity index (χ2v) is 13.2. The number of hydrogen-bond donors (Lipinski definition) is 2. The van der Waals surface area contributed by atoms with E-state index in [4.69, 9.17) is 9.36 Å². The van der Waals surface area contributed by atoms with Gasteiger partial charge in [-0.15, -0.1) is 0 Å². The van der Waals surface area contributed by atoms with Crippen LogP contribution in [-0.4, -0.2) is 51.7 Å². The molecule has 0 radical (unpaired) electrons. The zero-order valence-corrected chi connectivity index (χ0v) is 25.1. The van der Waals surface area contributed by atoms with Crippen LogP contribution in [0.15, 0.2) is 102 Å². The SMILES string of the molecule is CC(C)[C@@]1(C(=O)N[C@@H](CC(=O)O)C(=O)COP(=O)(c2ccccc2)c2ccccc2)CC(c2nccc3ccccc23)=NO1. The molecule has 0 aliphatic carbocycles. The fraction of sp³-hybridized carbons (Fsp3) is 0.242. The third-order valence-corrected chi connectivity index (χ3v) is 10.1. The first-order chi connectivity index (χ1) is 21.1. The summed E-state index contributed by atoms with van der Waals surface area (Å²) in [6.45, 7) is 2.86. The fourth-order valence-electron chi connectivity index (χ4n) is 5.12. The summed E-state index contributed by atoms with van der Waals surface area (Å²) in [5.41, 5.74) is -0.487. The van der Waals surface area contributed by atoms with E-state index in [0.29, 0.717) is 22.0 Å². The Bertz CT molecular complexity index is 1710. The van der Waals surface area contributed by atoms with E-state index < -0.39 is 55.6 Å². The van der Waals surface area contributed by atoms with Crippen LogP contribution >= 0.6 is 7.37 Å². The molecule has 1 aliphatic rings. The number of ketones is 1. The van der Waals surface area contributed by atoms with Gasteiger partial charge in [-0.1, -0.05) is 79.7 Å². The zero-order valence-electron chi connectivity index (χ0n) is 24.3. The predicted molar refractivity (Wildman–Crippen MR) is 166 cm³/mol. The number of nitrogens with one attached hydrogen (secondary N) is 1. The molecule has 11 heteroatoms. The highest BCUT2D eigenvalue weighted by Gasteiger charge is 2.51. The number of Topliss-reactive ketones (excluding diaryl/α,β-unsaturated/α-hetero) is 1. The van der Waals surface area contributed by atoms with E-state index in [0.717, 1.165) is 10.8 Å². The van der Waals surface area contributed by atoms with Gasteiger partial charge in [0, 0.05) is 34.5 Å². The van der Waals surface area contributed by atoms with Crippen LogP contribution in [0.1, 0.15) is 32.4 Å². The lowest BCUT2D eigenvalue weighted by Gasteiger charge is -2.31. The van der Waals surface area contributed by atoms with E-state index in [9.17, 15) is 24.1 Å². The maximum Gasteiger partial charge on any atom is 0.305 e. The third kappa shape index (κ3) is 6.18. The van der Waals surface area contributed by atoms with Crippen LogP contribution in [0.4, 0.5) is 0 Å². The lowest BCUT2D eigenvalue weighted by atomic mass is 9.83. The number of amides is 1. The van der Waals surface area contributed by atoms with Crippen molar-refractivity contribution in [3.63, 3.8) is 0 Å². The Morgan fingerprint density at radius 1 is 0.955 bits per heavy atom. The quantitative estimate of drug-likeness (QED) is 0.226. The summed E-state index contributed by atoms with van der Waals surface area (Å²) in [6.07, 6.45) is 1.00. The first-order valence-corrected chi connectivity index (χ1v) is 15.8. The van der Waals surface area contributed by atoms with Gasteiger partial charge >= 0.3 is 5.97 Å². The molecule has 226 valence electrons. The number of carbonyl (C=O) groups is 3. The van der Waals surface area contributed by atoms with Gasteiger partial charge in [-0.3, -0.25) is 23.9 Å². The lowest BCUT2D eigenvalue weighted by Crippen LogP contribution is -2.56. The van der Waals surface area contributed by atoms with Crippen molar-refractivity contribution in [2.45, 2.75) is 38.3 Å². The summed E-state index contributed by atoms with van der Waals surface area (Å²) < 4.78 is 20.0. The standard InChI is InChI=1S/C33H32N3O7P/c1-22(2)33(20-28(36-43-33)31-26-16-10-9-11-23(26)17-18-34-31)32(40)35-27(19-30(38)39)29(37)21-42-44(41,24-12-5-3-6-13-24)25-14-7-4-8-15-25/h3-18,22,27H,19-21H2,1-2H3,(H,35,40)(H,38,39)/t27-,33+/m0/s1. The third-order valence-electron chi connectivity index (χ3n) is 7.67. The van der Waals surface area contributed by atoms with Crippen LogP contribution in [0.25, 0.3) is 10.8 Å². The van der Waals surface area contributed by atoms with Crippen molar-refractivity contribution in [1.29, 1.82) is 0 Å². The van der Waals surface area contributed by atoms with Crippen molar-refractivity contribution in [3.8, 4) is 0 Å². The second-order valence-electron chi connectivity index (χ2n) is 10.8. The van der Waals surface area contributed by atoms with Gasteiger partial charge in [-0.2, -0.15) is 0 Å². The van der Waals surface area contributed by atoms with Crippen molar-refractivity contribution < 1.29 is 33.4 Å². The average Bonchev–Trinajstić information content (AvgIpc) is 3.50. The summed E-state index contributed by atoms with van der Waals surface area (Å²) in [5.74, 6) is -3.16. The molecule has 10 nitrogen and oxygen atoms in total. The van der Waals surface area contributed by atoms with Gasteiger partial charge in [-0.25, -0.2) is 0 Å². The number of oxime groups is 1. The summed E-state index contributed by atoms with van der Waals surface area (Å²) in [7, 11) is -3.73. The van der Waals surface area contributed by atoms with Gasteiger partial charge in [0.05, 0.1) is 12.1 Å². The molecule has 4 aromatic rings. The molecule has 1 aromatic heterocycles. The van der Waals surface area contributed by atoms with Crippen LogP contribution in [0.2, 0.25) is 0 Å². The van der Waals surface area contributed by atoms with E-state index in [1.54, 1.807) is 80.7 Å². The summed E-state index contributed by atoms with van der Waals surface area (Å²) in [5, 5.41) is 19.0. The minimum atomic E-state index is -3.73. The number of rotatable bonds is 12. The molecule has 5 rings (SSSR count). The van der Waals surface area contributed by atoms with Crippen LogP contribution in [-0.2, 0) is 28.3 Å². The molecule has 0 saturated carbocycles. The maximum atomic E-state index is 14.2. The topological polar surface area (TPSA) is 144 Å². The number of fused-ring (bicyclic) bond motifs is 1. The zero-order chi connectivity index (χ0) is 31.3. The first kappa shape index (κ1) is 30.8. The van der Waals surface area contributed by atoms with Crippen molar-refractivity contribution in [2.75, 3.05) is 6.61 Å². The fourth-order valence-corrected chi connectivity index (χ4v) is 7.16. The second kappa shape index (κ2) is 12.9. The van der Waals surface area contributed by atoms with Crippen LogP contribution in [0.5, 0.6) is 0 Å². The maximum absolute atomic E-state index is 14.2. The van der Waals surface area contributed by atoms with Crippen molar-refractivity contribution in [2.24, 2.45) is 11.1 Å². The Morgan fingerprint density at radius 3 is 2.18 bits per heavy atom. The number of aliphatic carboxylic acids is 1. The number of aromatic nitrogens is 1. The highest BCUT2D eigenvalue weighted by molar-refractivity contribution is 7.74. The Balaban J connectivity index is 1.36. The smallest absolute Gasteiger partial charge is 0.305 e. The van der Waals surface area contributed by atoms with E-state index in [2.05, 4.69) is 15.5 Å². The molecule has 0 unspecified atom stereocenters. The van der Waals surface area contributed by atoms with Gasteiger partial charge in [-0.05, 0) is 35.7 Å². The first-order valence-electron chi connectivity index (χ1n) is 14.1. The number of hydrogen-bond acceptors (Lipinski definition) is 8.